The third-order valence-corrected chi connectivity index (χ3v) is 2.74. The summed E-state index contributed by atoms with van der Waals surface area (Å²) in [5.41, 5.74) is 2.10. The van der Waals surface area contributed by atoms with Gasteiger partial charge in [-0.3, -0.25) is 10.1 Å². The Balaban J connectivity index is 2.59. The maximum absolute atomic E-state index is 11.5. The van der Waals surface area contributed by atoms with Gasteiger partial charge in [0.15, 0.2) is 0 Å². The predicted octanol–water partition coefficient (Wildman–Crippen LogP) is 2.76. The molecule has 1 rings (SSSR count). The number of rotatable bonds is 6. The van der Waals surface area contributed by atoms with E-state index >= 15 is 0 Å². The fourth-order valence-corrected chi connectivity index (χ4v) is 1.85. The third-order valence-electron chi connectivity index (χ3n) is 2.74. The molecule has 0 spiro atoms. The molecule has 0 saturated heterocycles. The molecule has 1 aromatic carbocycles. The van der Waals surface area contributed by atoms with Crippen LogP contribution in [0.3, 0.4) is 0 Å². The van der Waals surface area contributed by atoms with Gasteiger partial charge in [-0.1, -0.05) is 31.0 Å². The molecule has 0 fully saturated rings. The van der Waals surface area contributed by atoms with Crippen molar-refractivity contribution in [3.63, 3.8) is 0 Å². The highest BCUT2D eigenvalue weighted by atomic mass is 16.4. The van der Waals surface area contributed by atoms with E-state index in [1.807, 2.05) is 43.4 Å². The van der Waals surface area contributed by atoms with E-state index in [1.165, 1.54) is 5.56 Å². The topological polar surface area (TPSA) is 78.4 Å². The standard InChI is InChI=1S/C14H20N2O3/c1-3-4-12(9-13(17)16-14(18)19)15-11-7-5-10(2)6-8-11/h5-8,12,15H,3-4,9H2,1-2H3,(H,16,17)(H,18,19). The number of hydrogen-bond acceptors (Lipinski definition) is 3. The van der Waals surface area contributed by atoms with Gasteiger partial charge in [0, 0.05) is 18.2 Å². The zero-order chi connectivity index (χ0) is 14.3. The van der Waals surface area contributed by atoms with Gasteiger partial charge >= 0.3 is 6.09 Å². The van der Waals surface area contributed by atoms with Crippen molar-refractivity contribution in [1.29, 1.82) is 0 Å². The van der Waals surface area contributed by atoms with E-state index in [4.69, 9.17) is 5.11 Å². The first-order chi connectivity index (χ1) is 9.01. The van der Waals surface area contributed by atoms with Crippen LogP contribution in [0.2, 0.25) is 0 Å². The molecule has 1 aromatic rings. The maximum Gasteiger partial charge on any atom is 0.411 e. The van der Waals surface area contributed by atoms with Crippen LogP contribution in [0.25, 0.3) is 0 Å². The summed E-state index contributed by atoms with van der Waals surface area (Å²) in [6.45, 7) is 4.03. The van der Waals surface area contributed by atoms with Gasteiger partial charge in [-0.2, -0.15) is 0 Å². The number of benzene rings is 1. The molecule has 104 valence electrons. The zero-order valence-electron chi connectivity index (χ0n) is 11.3. The lowest BCUT2D eigenvalue weighted by Gasteiger charge is -2.18. The van der Waals surface area contributed by atoms with Gasteiger partial charge in [-0.25, -0.2) is 4.79 Å². The van der Waals surface area contributed by atoms with Crippen molar-refractivity contribution in [3.8, 4) is 0 Å². The maximum atomic E-state index is 11.5. The molecule has 1 atom stereocenters. The molecular formula is C14H20N2O3. The van der Waals surface area contributed by atoms with E-state index in [0.29, 0.717) is 0 Å². The highest BCUT2D eigenvalue weighted by molar-refractivity contribution is 5.91. The smallest absolute Gasteiger partial charge is 0.411 e. The Labute approximate surface area is 113 Å². The van der Waals surface area contributed by atoms with Crippen LogP contribution in [0.1, 0.15) is 31.7 Å². The predicted molar refractivity (Wildman–Crippen MR) is 74.3 cm³/mol. The first kappa shape index (κ1) is 15.0. The Morgan fingerprint density at radius 3 is 2.42 bits per heavy atom. The molecule has 1 unspecified atom stereocenters. The number of carboxylic acid groups (broad SMARTS) is 1. The van der Waals surface area contributed by atoms with Crippen LogP contribution in [0.15, 0.2) is 24.3 Å². The number of hydrogen-bond donors (Lipinski definition) is 3. The van der Waals surface area contributed by atoms with Crippen LogP contribution >= 0.6 is 0 Å². The Morgan fingerprint density at radius 2 is 1.89 bits per heavy atom. The molecule has 0 aromatic heterocycles. The van der Waals surface area contributed by atoms with Crippen molar-refractivity contribution >= 4 is 17.7 Å². The highest BCUT2D eigenvalue weighted by Gasteiger charge is 2.14. The number of aryl methyl sites for hydroxylation is 1. The molecule has 19 heavy (non-hydrogen) atoms. The molecule has 0 aliphatic heterocycles. The zero-order valence-corrected chi connectivity index (χ0v) is 11.3. The Kier molecular flexibility index (Phi) is 5.85. The van der Waals surface area contributed by atoms with Gasteiger partial charge in [0.1, 0.15) is 0 Å². The van der Waals surface area contributed by atoms with Crippen LogP contribution in [-0.2, 0) is 4.79 Å². The van der Waals surface area contributed by atoms with Crippen LogP contribution in [0, 0.1) is 6.92 Å². The third kappa shape index (κ3) is 5.90. The van der Waals surface area contributed by atoms with Crippen LogP contribution in [0.5, 0.6) is 0 Å². The van der Waals surface area contributed by atoms with Gasteiger partial charge in [0.05, 0.1) is 0 Å². The molecule has 0 bridgehead atoms. The number of carbonyl (C=O) groups is 2. The van der Waals surface area contributed by atoms with E-state index in [2.05, 4.69) is 5.32 Å². The summed E-state index contributed by atoms with van der Waals surface area (Å²) in [5, 5.41) is 13.6. The first-order valence-electron chi connectivity index (χ1n) is 6.37. The summed E-state index contributed by atoms with van der Waals surface area (Å²) in [5.74, 6) is -0.481. The van der Waals surface area contributed by atoms with Gasteiger partial charge in [-0.15, -0.1) is 0 Å². The highest BCUT2D eigenvalue weighted by Crippen LogP contribution is 2.14. The minimum absolute atomic E-state index is 0.0629. The molecule has 0 aliphatic rings. The monoisotopic (exact) mass is 264 g/mol. The van der Waals surface area contributed by atoms with Gasteiger partial charge < -0.3 is 10.4 Å². The van der Waals surface area contributed by atoms with E-state index < -0.39 is 12.0 Å². The lowest BCUT2D eigenvalue weighted by Crippen LogP contribution is -2.34. The summed E-state index contributed by atoms with van der Waals surface area (Å²) in [7, 11) is 0. The number of amides is 2. The normalized spacial score (nSPS) is 11.7. The van der Waals surface area contributed by atoms with Crippen molar-refractivity contribution in [3.05, 3.63) is 29.8 Å². The number of nitrogens with one attached hydrogen (secondary N) is 2. The summed E-state index contributed by atoms with van der Waals surface area (Å²) < 4.78 is 0. The second-order valence-corrected chi connectivity index (χ2v) is 4.55. The van der Waals surface area contributed by atoms with Crippen LogP contribution < -0.4 is 10.6 Å². The summed E-state index contributed by atoms with van der Waals surface area (Å²) in [6.07, 6.45) is 0.564. The fourth-order valence-electron chi connectivity index (χ4n) is 1.85. The minimum Gasteiger partial charge on any atom is -0.465 e. The molecule has 2 amide bonds. The summed E-state index contributed by atoms with van der Waals surface area (Å²) in [6, 6.07) is 7.82. The fraction of sp³-hybridized carbons (Fsp3) is 0.429. The van der Waals surface area contributed by atoms with E-state index in [0.717, 1.165) is 18.5 Å². The van der Waals surface area contributed by atoms with Crippen molar-refractivity contribution in [1.82, 2.24) is 5.32 Å². The summed E-state index contributed by atoms with van der Waals surface area (Å²) in [4.78, 5) is 21.8. The molecule has 5 nitrogen and oxygen atoms in total. The molecule has 0 saturated carbocycles. The van der Waals surface area contributed by atoms with Crippen LogP contribution in [0.4, 0.5) is 10.5 Å². The van der Waals surface area contributed by atoms with Gasteiger partial charge in [-0.05, 0) is 25.5 Å². The Bertz CT molecular complexity index is 429. The van der Waals surface area contributed by atoms with Gasteiger partial charge in [0.2, 0.25) is 5.91 Å². The molecule has 3 N–H and O–H groups in total. The minimum atomic E-state index is -1.31. The molecular weight excluding hydrogens is 244 g/mol. The Morgan fingerprint density at radius 1 is 1.26 bits per heavy atom. The average Bonchev–Trinajstić information content (AvgIpc) is 2.31. The first-order valence-corrected chi connectivity index (χ1v) is 6.37. The lowest BCUT2D eigenvalue weighted by molar-refractivity contribution is -0.120. The summed E-state index contributed by atoms with van der Waals surface area (Å²) >= 11 is 0. The quantitative estimate of drug-likeness (QED) is 0.738. The Hall–Kier alpha value is -2.04. The van der Waals surface area contributed by atoms with Crippen molar-refractivity contribution in [2.75, 3.05) is 5.32 Å². The molecule has 0 heterocycles. The molecule has 0 radical (unpaired) electrons. The van der Waals surface area contributed by atoms with E-state index in [9.17, 15) is 9.59 Å². The second-order valence-electron chi connectivity index (χ2n) is 4.55. The largest absolute Gasteiger partial charge is 0.465 e. The average molecular weight is 264 g/mol. The van der Waals surface area contributed by atoms with Crippen molar-refractivity contribution in [2.24, 2.45) is 0 Å². The van der Waals surface area contributed by atoms with Crippen molar-refractivity contribution in [2.45, 2.75) is 39.2 Å². The van der Waals surface area contributed by atoms with Gasteiger partial charge in [0.25, 0.3) is 0 Å². The number of anilines is 1. The lowest BCUT2D eigenvalue weighted by atomic mass is 10.1. The molecule has 5 heteroatoms. The van der Waals surface area contributed by atoms with Crippen LogP contribution in [-0.4, -0.2) is 23.1 Å². The number of imide groups is 1. The number of carbonyl (C=O) groups excluding carboxylic acids is 1. The molecule has 0 aliphatic carbocycles. The van der Waals surface area contributed by atoms with E-state index in [-0.39, 0.29) is 12.5 Å². The van der Waals surface area contributed by atoms with Crippen molar-refractivity contribution < 1.29 is 14.7 Å². The second kappa shape index (κ2) is 7.41. The SMILES string of the molecule is CCCC(CC(=O)NC(=O)O)Nc1ccc(C)cc1. The van der Waals surface area contributed by atoms with E-state index in [1.54, 1.807) is 0 Å².